The lowest BCUT2D eigenvalue weighted by molar-refractivity contribution is -0.322. The van der Waals surface area contributed by atoms with Gasteiger partial charge in [0.2, 0.25) is 6.23 Å². The number of nitrogens with zero attached hydrogens (tertiary/aromatic N) is 3. The van der Waals surface area contributed by atoms with Crippen LogP contribution < -0.4 is 14.4 Å². The standard InChI is InChI=1S/C27H19Cl2N3O3/c28-19-10-11-22(24(29)18-19)27(33-20-6-2-1-3-7-20)32(34-21-12-15-30-16-13-21)35-26-14-17-31-25-9-5-4-8-23(25)26/h1-18,27H. The maximum atomic E-state index is 6.61. The molecule has 0 spiro atoms. The van der Waals surface area contributed by atoms with Gasteiger partial charge in [0.05, 0.1) is 15.8 Å². The molecule has 8 heteroatoms. The van der Waals surface area contributed by atoms with Gasteiger partial charge in [-0.1, -0.05) is 59.6 Å². The van der Waals surface area contributed by atoms with E-state index in [2.05, 4.69) is 9.97 Å². The molecule has 174 valence electrons. The first kappa shape index (κ1) is 22.9. The molecule has 2 aromatic heterocycles. The molecule has 35 heavy (non-hydrogen) atoms. The number of hydrogen-bond donors (Lipinski definition) is 0. The van der Waals surface area contributed by atoms with Crippen molar-refractivity contribution in [3.05, 3.63) is 125 Å². The van der Waals surface area contributed by atoms with Crippen LogP contribution in [0.3, 0.4) is 0 Å². The van der Waals surface area contributed by atoms with Gasteiger partial charge in [-0.25, -0.2) is 0 Å². The first-order chi connectivity index (χ1) is 17.2. The number of aromatic nitrogens is 2. The van der Waals surface area contributed by atoms with Crippen molar-refractivity contribution >= 4 is 34.1 Å². The highest BCUT2D eigenvalue weighted by Crippen LogP contribution is 2.35. The van der Waals surface area contributed by atoms with Gasteiger partial charge in [-0.15, -0.1) is 0 Å². The molecule has 6 nitrogen and oxygen atoms in total. The third-order valence-corrected chi connectivity index (χ3v) is 5.62. The van der Waals surface area contributed by atoms with Gasteiger partial charge in [0, 0.05) is 52.8 Å². The number of benzene rings is 3. The zero-order valence-corrected chi connectivity index (χ0v) is 19.8. The van der Waals surface area contributed by atoms with Crippen LogP contribution in [0, 0.1) is 0 Å². The van der Waals surface area contributed by atoms with E-state index in [1.54, 1.807) is 55.0 Å². The van der Waals surface area contributed by atoms with Crippen LogP contribution in [0.25, 0.3) is 10.9 Å². The third-order valence-electron chi connectivity index (χ3n) is 5.05. The fraction of sp³-hybridized carbons (Fsp3) is 0.0370. The minimum atomic E-state index is -0.915. The zero-order chi connectivity index (χ0) is 24.0. The maximum Gasteiger partial charge on any atom is 0.249 e. The van der Waals surface area contributed by atoms with Crippen molar-refractivity contribution in [2.24, 2.45) is 0 Å². The number of hydroxylamine groups is 2. The van der Waals surface area contributed by atoms with Crippen LogP contribution in [-0.4, -0.2) is 15.2 Å². The van der Waals surface area contributed by atoms with Crippen molar-refractivity contribution in [3.8, 4) is 17.2 Å². The summed E-state index contributed by atoms with van der Waals surface area (Å²) in [6.45, 7) is 0. The summed E-state index contributed by atoms with van der Waals surface area (Å²) in [6, 6.07) is 27.3. The molecule has 3 aromatic carbocycles. The Morgan fingerprint density at radius 2 is 1.49 bits per heavy atom. The van der Waals surface area contributed by atoms with Crippen molar-refractivity contribution < 1.29 is 14.4 Å². The Morgan fingerprint density at radius 3 is 2.29 bits per heavy atom. The summed E-state index contributed by atoms with van der Waals surface area (Å²) in [5.41, 5.74) is 1.37. The number of hydrogen-bond acceptors (Lipinski definition) is 6. The maximum absolute atomic E-state index is 6.61. The minimum absolute atomic E-state index is 0.393. The van der Waals surface area contributed by atoms with Gasteiger partial charge in [0.25, 0.3) is 0 Å². The highest BCUT2D eigenvalue weighted by atomic mass is 35.5. The van der Waals surface area contributed by atoms with Gasteiger partial charge < -0.3 is 14.4 Å². The number of rotatable bonds is 8. The molecule has 5 aromatic rings. The highest BCUT2D eigenvalue weighted by Gasteiger charge is 2.30. The Bertz CT molecular complexity index is 1420. The Labute approximate surface area is 212 Å². The van der Waals surface area contributed by atoms with E-state index < -0.39 is 6.23 Å². The lowest BCUT2D eigenvalue weighted by Crippen LogP contribution is -2.38. The fourth-order valence-electron chi connectivity index (χ4n) is 3.41. The normalized spacial score (nSPS) is 11.9. The van der Waals surface area contributed by atoms with E-state index in [0.717, 1.165) is 10.9 Å². The topological polar surface area (TPSA) is 56.7 Å². The molecule has 0 N–H and O–H groups in total. The van der Waals surface area contributed by atoms with Crippen LogP contribution in [0.15, 0.2) is 110 Å². The number of para-hydroxylation sites is 2. The fourth-order valence-corrected chi connectivity index (χ4v) is 3.92. The molecule has 1 atom stereocenters. The lowest BCUT2D eigenvalue weighted by atomic mass is 10.2. The average molecular weight is 504 g/mol. The molecule has 0 amide bonds. The second-order valence-corrected chi connectivity index (χ2v) is 8.27. The molecular weight excluding hydrogens is 485 g/mol. The minimum Gasteiger partial charge on any atom is -0.464 e. The van der Waals surface area contributed by atoms with E-state index in [-0.39, 0.29) is 0 Å². The van der Waals surface area contributed by atoms with Gasteiger partial charge >= 0.3 is 0 Å². The highest BCUT2D eigenvalue weighted by molar-refractivity contribution is 6.35. The first-order valence-corrected chi connectivity index (χ1v) is 11.5. The summed E-state index contributed by atoms with van der Waals surface area (Å²) in [5.74, 6) is 1.61. The van der Waals surface area contributed by atoms with Crippen LogP contribution >= 0.6 is 23.2 Å². The Kier molecular flexibility index (Phi) is 6.95. The molecule has 5 rings (SSSR count). The number of ether oxygens (including phenoxy) is 1. The van der Waals surface area contributed by atoms with Crippen LogP contribution in [0.2, 0.25) is 10.0 Å². The first-order valence-electron chi connectivity index (χ1n) is 10.7. The SMILES string of the molecule is Clc1ccc(C(Oc2ccccc2)N(Oc2ccncc2)Oc2ccnc3ccccc23)c(Cl)c1. The largest absolute Gasteiger partial charge is 0.464 e. The van der Waals surface area contributed by atoms with Crippen molar-refractivity contribution in [3.63, 3.8) is 0 Å². The summed E-state index contributed by atoms with van der Waals surface area (Å²) in [7, 11) is 0. The molecular formula is C27H19Cl2N3O3. The quantitative estimate of drug-likeness (QED) is 0.163. The van der Waals surface area contributed by atoms with E-state index in [9.17, 15) is 0 Å². The number of pyridine rings is 2. The molecule has 0 aliphatic rings. The molecule has 2 heterocycles. The van der Waals surface area contributed by atoms with Crippen molar-refractivity contribution in [2.75, 3.05) is 0 Å². The molecule has 1 unspecified atom stereocenters. The van der Waals surface area contributed by atoms with Crippen LogP contribution in [0.4, 0.5) is 0 Å². The van der Waals surface area contributed by atoms with E-state index in [0.29, 0.717) is 32.9 Å². The zero-order valence-electron chi connectivity index (χ0n) is 18.3. The molecule has 0 bridgehead atoms. The van der Waals surface area contributed by atoms with Gasteiger partial charge in [0.1, 0.15) is 5.75 Å². The van der Waals surface area contributed by atoms with Crippen LogP contribution in [0.1, 0.15) is 11.8 Å². The summed E-state index contributed by atoms with van der Waals surface area (Å²) < 4.78 is 6.36. The average Bonchev–Trinajstić information content (AvgIpc) is 2.89. The summed E-state index contributed by atoms with van der Waals surface area (Å²) in [6.07, 6.45) is 4.00. The third kappa shape index (κ3) is 5.46. The Hall–Kier alpha value is -3.84. The Balaban J connectivity index is 1.61. The molecule has 0 radical (unpaired) electrons. The summed E-state index contributed by atoms with van der Waals surface area (Å²) >= 11 is 12.8. The smallest absolute Gasteiger partial charge is 0.249 e. The Morgan fingerprint density at radius 1 is 0.714 bits per heavy atom. The van der Waals surface area contributed by atoms with E-state index in [1.807, 2.05) is 54.6 Å². The predicted octanol–water partition coefficient (Wildman–Crippen LogP) is 7.30. The summed E-state index contributed by atoms with van der Waals surface area (Å²) in [5, 5.41) is 2.96. The summed E-state index contributed by atoms with van der Waals surface area (Å²) in [4.78, 5) is 21.0. The van der Waals surface area contributed by atoms with E-state index in [1.165, 1.54) is 5.23 Å². The van der Waals surface area contributed by atoms with Crippen molar-refractivity contribution in [1.29, 1.82) is 0 Å². The van der Waals surface area contributed by atoms with Gasteiger partial charge in [0.15, 0.2) is 11.5 Å². The molecule has 0 aliphatic heterocycles. The molecule has 0 fully saturated rings. The monoisotopic (exact) mass is 503 g/mol. The predicted molar refractivity (Wildman–Crippen MR) is 135 cm³/mol. The van der Waals surface area contributed by atoms with Gasteiger partial charge in [-0.2, -0.15) is 0 Å². The lowest BCUT2D eigenvalue weighted by Gasteiger charge is -2.30. The second-order valence-electron chi connectivity index (χ2n) is 7.43. The second kappa shape index (κ2) is 10.6. The van der Waals surface area contributed by atoms with E-state index >= 15 is 0 Å². The van der Waals surface area contributed by atoms with Gasteiger partial charge in [-0.05, 0) is 36.4 Å². The molecule has 0 saturated heterocycles. The number of halogens is 2. The van der Waals surface area contributed by atoms with Crippen molar-refractivity contribution in [1.82, 2.24) is 15.2 Å². The van der Waals surface area contributed by atoms with Gasteiger partial charge in [-0.3, -0.25) is 9.97 Å². The van der Waals surface area contributed by atoms with E-state index in [4.69, 9.17) is 37.6 Å². The van der Waals surface area contributed by atoms with Crippen LogP contribution in [0.5, 0.6) is 17.2 Å². The van der Waals surface area contributed by atoms with Crippen molar-refractivity contribution in [2.45, 2.75) is 6.23 Å². The molecule has 0 saturated carbocycles. The number of fused-ring (bicyclic) bond motifs is 1. The van der Waals surface area contributed by atoms with Crippen LogP contribution in [-0.2, 0) is 0 Å². The molecule has 0 aliphatic carbocycles.